The topological polar surface area (TPSA) is 3.24 Å². The van der Waals surface area contributed by atoms with Crippen LogP contribution >= 0.6 is 0 Å². The number of nitrogens with zero attached hydrogens (tertiary/aromatic N) is 1. The average molecular weight is 181 g/mol. The highest BCUT2D eigenvalue weighted by Crippen LogP contribution is 2.39. The minimum atomic E-state index is 0.627. The second-order valence-corrected chi connectivity index (χ2v) is 5.66. The van der Waals surface area contributed by atoms with E-state index in [9.17, 15) is 0 Å². The van der Waals surface area contributed by atoms with Crippen molar-refractivity contribution in [3.8, 4) is 0 Å². The van der Waals surface area contributed by atoms with Crippen LogP contribution in [0.2, 0.25) is 0 Å². The maximum atomic E-state index is 2.75. The van der Waals surface area contributed by atoms with E-state index in [4.69, 9.17) is 0 Å². The normalized spacial score (nSPS) is 35.1. The van der Waals surface area contributed by atoms with Crippen LogP contribution in [0.15, 0.2) is 0 Å². The van der Waals surface area contributed by atoms with E-state index >= 15 is 0 Å². The molecule has 1 heteroatoms. The molecule has 1 nitrogen and oxygen atoms in total. The van der Waals surface area contributed by atoms with Gasteiger partial charge in [-0.05, 0) is 50.6 Å². The molecule has 1 saturated carbocycles. The Morgan fingerprint density at radius 1 is 1.08 bits per heavy atom. The van der Waals surface area contributed by atoms with Crippen molar-refractivity contribution in [3.63, 3.8) is 0 Å². The summed E-state index contributed by atoms with van der Waals surface area (Å²) in [6.45, 7) is 7.61. The van der Waals surface area contributed by atoms with Crippen LogP contribution in [0.3, 0.4) is 0 Å². The van der Waals surface area contributed by atoms with Crippen molar-refractivity contribution in [2.45, 2.75) is 58.4 Å². The molecule has 1 aliphatic heterocycles. The molecule has 1 heterocycles. The molecule has 1 aliphatic carbocycles. The Morgan fingerprint density at radius 3 is 2.31 bits per heavy atom. The monoisotopic (exact) mass is 181 g/mol. The Balaban J connectivity index is 1.87. The van der Waals surface area contributed by atoms with Crippen LogP contribution < -0.4 is 0 Å². The van der Waals surface area contributed by atoms with E-state index in [1.54, 1.807) is 0 Å². The van der Waals surface area contributed by atoms with Gasteiger partial charge in [0.05, 0.1) is 0 Å². The fraction of sp³-hybridized carbons (Fsp3) is 1.00. The summed E-state index contributed by atoms with van der Waals surface area (Å²) in [6.07, 6.45) is 8.68. The van der Waals surface area contributed by atoms with Crippen molar-refractivity contribution in [2.24, 2.45) is 5.41 Å². The zero-order valence-electron chi connectivity index (χ0n) is 9.18. The van der Waals surface area contributed by atoms with E-state index < -0.39 is 0 Å². The predicted molar refractivity (Wildman–Crippen MR) is 56.8 cm³/mol. The number of piperidine rings is 1. The van der Waals surface area contributed by atoms with Gasteiger partial charge in [-0.3, -0.25) is 0 Å². The van der Waals surface area contributed by atoms with Crippen LogP contribution in [-0.4, -0.2) is 24.0 Å². The molecule has 1 saturated heterocycles. The van der Waals surface area contributed by atoms with E-state index in [2.05, 4.69) is 18.7 Å². The van der Waals surface area contributed by atoms with Gasteiger partial charge in [-0.25, -0.2) is 0 Å². The molecule has 0 aromatic heterocycles. The highest BCUT2D eigenvalue weighted by Gasteiger charge is 2.34. The zero-order chi connectivity index (χ0) is 9.31. The first kappa shape index (κ1) is 9.51. The molecule has 2 aliphatic rings. The summed E-state index contributed by atoms with van der Waals surface area (Å²) >= 11 is 0. The molecule has 2 rings (SSSR count). The first-order chi connectivity index (χ1) is 6.17. The maximum Gasteiger partial charge on any atom is 0.0100 e. The highest BCUT2D eigenvalue weighted by atomic mass is 15.2. The number of hydrogen-bond acceptors (Lipinski definition) is 1. The van der Waals surface area contributed by atoms with Crippen LogP contribution in [0.25, 0.3) is 0 Å². The molecule has 76 valence electrons. The third-order valence-electron chi connectivity index (χ3n) is 3.85. The van der Waals surface area contributed by atoms with E-state index in [-0.39, 0.29) is 0 Å². The minimum absolute atomic E-state index is 0.627. The number of likely N-dealkylation sites (tertiary alicyclic amines) is 1. The smallest absolute Gasteiger partial charge is 0.0100 e. The van der Waals surface area contributed by atoms with Crippen molar-refractivity contribution in [1.29, 1.82) is 0 Å². The first-order valence-corrected chi connectivity index (χ1v) is 5.91. The van der Waals surface area contributed by atoms with Crippen molar-refractivity contribution in [2.75, 3.05) is 13.1 Å². The summed E-state index contributed by atoms with van der Waals surface area (Å²) in [6, 6.07) is 0.926. The Morgan fingerprint density at radius 2 is 1.77 bits per heavy atom. The molecular formula is C12H23N. The Labute approximate surface area is 82.5 Å². The Bertz CT molecular complexity index is 168. The van der Waals surface area contributed by atoms with Gasteiger partial charge in [-0.2, -0.15) is 0 Å². The van der Waals surface area contributed by atoms with Gasteiger partial charge in [0.2, 0.25) is 0 Å². The molecule has 0 N–H and O–H groups in total. The second-order valence-electron chi connectivity index (χ2n) is 5.66. The largest absolute Gasteiger partial charge is 0.300 e. The van der Waals surface area contributed by atoms with Crippen molar-refractivity contribution in [1.82, 2.24) is 4.90 Å². The summed E-state index contributed by atoms with van der Waals surface area (Å²) in [5.41, 5.74) is 0.627. The molecule has 2 fully saturated rings. The minimum Gasteiger partial charge on any atom is -0.300 e. The van der Waals surface area contributed by atoms with E-state index in [1.165, 1.54) is 51.6 Å². The van der Waals surface area contributed by atoms with Crippen LogP contribution in [0.5, 0.6) is 0 Å². The number of hydrogen-bond donors (Lipinski definition) is 0. The zero-order valence-corrected chi connectivity index (χ0v) is 9.18. The van der Waals surface area contributed by atoms with Gasteiger partial charge >= 0.3 is 0 Å². The summed E-state index contributed by atoms with van der Waals surface area (Å²) in [7, 11) is 0. The van der Waals surface area contributed by atoms with Crippen LogP contribution in [-0.2, 0) is 0 Å². The quantitative estimate of drug-likeness (QED) is 0.601. The molecule has 13 heavy (non-hydrogen) atoms. The van der Waals surface area contributed by atoms with Gasteiger partial charge < -0.3 is 4.90 Å². The summed E-state index contributed by atoms with van der Waals surface area (Å²) in [5, 5.41) is 0. The lowest BCUT2D eigenvalue weighted by molar-refractivity contribution is 0.156. The van der Waals surface area contributed by atoms with Crippen molar-refractivity contribution in [3.05, 3.63) is 0 Å². The van der Waals surface area contributed by atoms with Crippen LogP contribution in [0.4, 0.5) is 0 Å². The molecule has 0 spiro atoms. The van der Waals surface area contributed by atoms with Gasteiger partial charge in [-0.1, -0.05) is 20.3 Å². The van der Waals surface area contributed by atoms with Crippen molar-refractivity contribution < 1.29 is 0 Å². The van der Waals surface area contributed by atoms with E-state index in [1.807, 2.05) is 0 Å². The van der Waals surface area contributed by atoms with Gasteiger partial charge in [0, 0.05) is 6.04 Å². The Hall–Kier alpha value is -0.0400. The second kappa shape index (κ2) is 3.61. The predicted octanol–water partition coefficient (Wildman–Crippen LogP) is 3.05. The summed E-state index contributed by atoms with van der Waals surface area (Å²) < 4.78 is 0. The molecule has 0 aromatic carbocycles. The third kappa shape index (κ3) is 2.25. The number of rotatable bonds is 1. The lowest BCUT2D eigenvalue weighted by Crippen LogP contribution is -2.38. The maximum absolute atomic E-state index is 2.75. The third-order valence-corrected chi connectivity index (χ3v) is 3.85. The molecule has 1 atom stereocenters. The Kier molecular flexibility index (Phi) is 2.64. The van der Waals surface area contributed by atoms with E-state index in [0.29, 0.717) is 5.41 Å². The highest BCUT2D eigenvalue weighted by molar-refractivity contribution is 4.88. The fourth-order valence-electron chi connectivity index (χ4n) is 2.99. The summed E-state index contributed by atoms with van der Waals surface area (Å²) in [5.74, 6) is 0. The molecule has 0 bridgehead atoms. The molecule has 0 radical (unpaired) electrons. The van der Waals surface area contributed by atoms with Crippen LogP contribution in [0.1, 0.15) is 52.4 Å². The van der Waals surface area contributed by atoms with Crippen molar-refractivity contribution >= 4 is 0 Å². The molecule has 0 amide bonds. The standard InChI is InChI=1S/C12H23N/c1-12(2)7-6-11(10-12)13-8-4-3-5-9-13/h11H,3-10H2,1-2H3. The van der Waals surface area contributed by atoms with Gasteiger partial charge in [0.1, 0.15) is 0 Å². The SMILES string of the molecule is CC1(C)CCC(N2CCCCC2)C1. The van der Waals surface area contributed by atoms with Gasteiger partial charge in [0.15, 0.2) is 0 Å². The molecule has 1 unspecified atom stereocenters. The van der Waals surface area contributed by atoms with Crippen LogP contribution in [0, 0.1) is 5.41 Å². The lowest BCUT2D eigenvalue weighted by Gasteiger charge is -2.33. The van der Waals surface area contributed by atoms with Gasteiger partial charge in [0.25, 0.3) is 0 Å². The summed E-state index contributed by atoms with van der Waals surface area (Å²) in [4.78, 5) is 2.75. The fourth-order valence-corrected chi connectivity index (χ4v) is 2.99. The lowest BCUT2D eigenvalue weighted by atomic mass is 9.91. The van der Waals surface area contributed by atoms with Gasteiger partial charge in [-0.15, -0.1) is 0 Å². The molecule has 0 aromatic rings. The van der Waals surface area contributed by atoms with E-state index in [0.717, 1.165) is 6.04 Å². The first-order valence-electron chi connectivity index (χ1n) is 5.91. The average Bonchev–Trinajstić information content (AvgIpc) is 2.48. The molecular weight excluding hydrogens is 158 g/mol.